The summed E-state index contributed by atoms with van der Waals surface area (Å²) < 4.78 is 5.31. The van der Waals surface area contributed by atoms with Gasteiger partial charge in [-0.2, -0.15) is 5.26 Å². The van der Waals surface area contributed by atoms with Gasteiger partial charge in [-0.25, -0.2) is 4.98 Å². The van der Waals surface area contributed by atoms with E-state index in [1.54, 1.807) is 11.8 Å². The highest BCUT2D eigenvalue weighted by Crippen LogP contribution is 2.38. The molecule has 1 saturated heterocycles. The molecule has 26 heavy (non-hydrogen) atoms. The van der Waals surface area contributed by atoms with E-state index in [-0.39, 0.29) is 35.4 Å². The number of anilines is 1. The first-order valence-electron chi connectivity index (χ1n) is 9.02. The van der Waals surface area contributed by atoms with Crippen LogP contribution < -0.4 is 10.6 Å². The van der Waals surface area contributed by atoms with Gasteiger partial charge in [-0.05, 0) is 25.7 Å². The van der Waals surface area contributed by atoms with Crippen LogP contribution in [0.15, 0.2) is 4.42 Å². The summed E-state index contributed by atoms with van der Waals surface area (Å²) >= 11 is 0. The van der Waals surface area contributed by atoms with Gasteiger partial charge in [0.2, 0.25) is 23.4 Å². The maximum absolute atomic E-state index is 12.4. The van der Waals surface area contributed by atoms with Gasteiger partial charge in [-0.3, -0.25) is 9.59 Å². The summed E-state index contributed by atoms with van der Waals surface area (Å²) in [7, 11) is 0. The number of amides is 2. The van der Waals surface area contributed by atoms with Gasteiger partial charge in [0.1, 0.15) is 6.07 Å². The minimum atomic E-state index is -0.349. The predicted octanol–water partition coefficient (Wildman–Crippen LogP) is 1.42. The Hall–Kier alpha value is -2.56. The second-order valence-electron chi connectivity index (χ2n) is 7.63. The van der Waals surface area contributed by atoms with E-state index in [1.165, 1.54) is 0 Å². The van der Waals surface area contributed by atoms with Gasteiger partial charge in [0.25, 0.3) is 0 Å². The summed E-state index contributed by atoms with van der Waals surface area (Å²) in [6.45, 7) is 7.28. The van der Waals surface area contributed by atoms with Crippen molar-refractivity contribution in [2.45, 2.75) is 45.6 Å². The Morgan fingerprint density at radius 2 is 2.23 bits per heavy atom. The molecular weight excluding hydrogens is 334 g/mol. The fraction of sp³-hybridized carbons (Fsp3) is 0.667. The first-order chi connectivity index (χ1) is 12.3. The Morgan fingerprint density at radius 3 is 2.88 bits per heavy atom. The number of nitrogens with one attached hydrogen (secondary N) is 2. The van der Waals surface area contributed by atoms with E-state index < -0.39 is 0 Å². The van der Waals surface area contributed by atoms with E-state index in [1.807, 2.05) is 13.0 Å². The lowest BCUT2D eigenvalue weighted by Gasteiger charge is -2.26. The van der Waals surface area contributed by atoms with Crippen LogP contribution in [-0.2, 0) is 9.59 Å². The fourth-order valence-corrected chi connectivity index (χ4v) is 3.42. The molecule has 1 aliphatic heterocycles. The highest BCUT2D eigenvalue weighted by molar-refractivity contribution is 5.82. The van der Waals surface area contributed by atoms with E-state index in [2.05, 4.69) is 22.5 Å². The van der Waals surface area contributed by atoms with Crippen LogP contribution in [0, 0.1) is 30.1 Å². The summed E-state index contributed by atoms with van der Waals surface area (Å²) in [6.07, 6.45) is 2.01. The summed E-state index contributed by atoms with van der Waals surface area (Å²) in [5.74, 6) is 1.45. The molecule has 3 rings (SSSR count). The number of nitrogens with zero attached hydrogens (tertiary/aromatic N) is 3. The molecule has 1 aromatic heterocycles. The molecule has 140 valence electrons. The Bertz CT molecular complexity index is 752. The van der Waals surface area contributed by atoms with Crippen molar-refractivity contribution in [1.29, 1.82) is 5.26 Å². The lowest BCUT2D eigenvalue weighted by atomic mass is 10.0. The number of aromatic nitrogens is 1. The maximum Gasteiger partial charge on any atom is 0.232 e. The van der Waals surface area contributed by atoms with Gasteiger partial charge in [0, 0.05) is 38.9 Å². The standard InChI is InChI=1S/C18H25N5O3/c1-11-8-13(11)16(25)22-18(3)5-7-23(10-18)15(24)4-6-20-17-14(9-19)21-12(2)26-17/h11,13,20H,4-8,10H2,1-3H3,(H,22,25)/t11-,13-,18?/m1/s1. The van der Waals surface area contributed by atoms with Crippen molar-refractivity contribution in [2.24, 2.45) is 11.8 Å². The van der Waals surface area contributed by atoms with Crippen LogP contribution in [-0.4, -0.2) is 46.9 Å². The van der Waals surface area contributed by atoms with Crippen molar-refractivity contribution < 1.29 is 14.0 Å². The third-order valence-electron chi connectivity index (χ3n) is 5.16. The molecule has 1 aliphatic carbocycles. The third-order valence-corrected chi connectivity index (χ3v) is 5.16. The van der Waals surface area contributed by atoms with Gasteiger partial charge in [-0.1, -0.05) is 6.92 Å². The molecule has 0 spiro atoms. The quantitative estimate of drug-likeness (QED) is 0.794. The summed E-state index contributed by atoms with van der Waals surface area (Å²) in [5, 5.41) is 15.1. The molecule has 0 aromatic carbocycles. The van der Waals surface area contributed by atoms with Crippen molar-refractivity contribution in [3.63, 3.8) is 0 Å². The Labute approximate surface area is 152 Å². The Morgan fingerprint density at radius 1 is 1.50 bits per heavy atom. The summed E-state index contributed by atoms with van der Waals surface area (Å²) in [6, 6.07) is 1.95. The lowest BCUT2D eigenvalue weighted by Crippen LogP contribution is -2.49. The molecule has 8 nitrogen and oxygen atoms in total. The zero-order valence-corrected chi connectivity index (χ0v) is 15.5. The second-order valence-corrected chi connectivity index (χ2v) is 7.63. The molecule has 2 fully saturated rings. The fourth-order valence-electron chi connectivity index (χ4n) is 3.42. The average molecular weight is 359 g/mol. The molecule has 2 aliphatic rings. The molecule has 1 unspecified atom stereocenters. The molecule has 2 heterocycles. The van der Waals surface area contributed by atoms with Crippen LogP contribution in [0.4, 0.5) is 5.88 Å². The van der Waals surface area contributed by atoms with Crippen LogP contribution in [0.5, 0.6) is 0 Å². The summed E-state index contributed by atoms with van der Waals surface area (Å²) in [4.78, 5) is 30.3. The van der Waals surface area contributed by atoms with Gasteiger partial charge in [-0.15, -0.1) is 0 Å². The molecule has 1 saturated carbocycles. The van der Waals surface area contributed by atoms with Crippen molar-refractivity contribution in [3.05, 3.63) is 11.6 Å². The van der Waals surface area contributed by atoms with Crippen LogP contribution >= 0.6 is 0 Å². The van der Waals surface area contributed by atoms with Gasteiger partial charge < -0.3 is 20.0 Å². The minimum Gasteiger partial charge on any atom is -0.424 e. The number of carbonyl (C=O) groups excluding carboxylic acids is 2. The summed E-state index contributed by atoms with van der Waals surface area (Å²) in [5.41, 5.74) is -0.154. The number of aryl methyl sites for hydroxylation is 1. The number of oxazole rings is 1. The van der Waals surface area contributed by atoms with Crippen molar-refractivity contribution >= 4 is 17.7 Å². The van der Waals surface area contributed by atoms with Crippen LogP contribution in [0.25, 0.3) is 0 Å². The van der Waals surface area contributed by atoms with Crippen molar-refractivity contribution in [3.8, 4) is 6.07 Å². The highest BCUT2D eigenvalue weighted by atomic mass is 16.4. The van der Waals surface area contributed by atoms with E-state index in [4.69, 9.17) is 9.68 Å². The average Bonchev–Trinajstić information content (AvgIpc) is 3.02. The molecule has 2 N–H and O–H groups in total. The zero-order valence-electron chi connectivity index (χ0n) is 15.5. The number of hydrogen-bond acceptors (Lipinski definition) is 6. The first-order valence-corrected chi connectivity index (χ1v) is 9.02. The largest absolute Gasteiger partial charge is 0.424 e. The molecule has 3 atom stereocenters. The van der Waals surface area contributed by atoms with E-state index in [0.717, 1.165) is 12.8 Å². The number of carbonyl (C=O) groups is 2. The number of rotatable bonds is 6. The maximum atomic E-state index is 12.4. The number of nitriles is 1. The zero-order chi connectivity index (χ0) is 18.9. The topological polar surface area (TPSA) is 111 Å². The number of hydrogen-bond donors (Lipinski definition) is 2. The van der Waals surface area contributed by atoms with Gasteiger partial charge in [0.05, 0.1) is 5.54 Å². The predicted molar refractivity (Wildman–Crippen MR) is 94.1 cm³/mol. The molecule has 2 amide bonds. The Balaban J connectivity index is 1.45. The molecule has 1 aromatic rings. The lowest BCUT2D eigenvalue weighted by molar-refractivity contribution is -0.131. The monoisotopic (exact) mass is 359 g/mol. The van der Waals surface area contributed by atoms with Gasteiger partial charge >= 0.3 is 0 Å². The minimum absolute atomic E-state index is 0.0185. The van der Waals surface area contributed by atoms with E-state index in [9.17, 15) is 9.59 Å². The normalized spacial score (nSPS) is 27.1. The van der Waals surface area contributed by atoms with Crippen LogP contribution in [0.3, 0.4) is 0 Å². The first kappa shape index (κ1) is 18.2. The van der Waals surface area contributed by atoms with Crippen LogP contribution in [0.1, 0.15) is 44.7 Å². The molecular formula is C18H25N5O3. The Kier molecular flexibility index (Phi) is 4.90. The molecule has 0 radical (unpaired) electrons. The van der Waals surface area contributed by atoms with Gasteiger partial charge in [0.15, 0.2) is 5.89 Å². The van der Waals surface area contributed by atoms with Crippen molar-refractivity contribution in [2.75, 3.05) is 25.0 Å². The van der Waals surface area contributed by atoms with E-state index >= 15 is 0 Å². The van der Waals surface area contributed by atoms with Crippen molar-refractivity contribution in [1.82, 2.24) is 15.2 Å². The number of likely N-dealkylation sites (tertiary alicyclic amines) is 1. The highest BCUT2D eigenvalue weighted by Gasteiger charge is 2.43. The second kappa shape index (κ2) is 6.98. The van der Waals surface area contributed by atoms with E-state index in [0.29, 0.717) is 37.3 Å². The van der Waals surface area contributed by atoms with Crippen LogP contribution in [0.2, 0.25) is 0 Å². The SMILES string of the molecule is Cc1nc(C#N)c(NCCC(=O)N2CCC(C)(NC(=O)[C@@H]3C[C@H]3C)C2)o1. The smallest absolute Gasteiger partial charge is 0.232 e. The third kappa shape index (κ3) is 3.98. The molecule has 0 bridgehead atoms. The molecule has 8 heteroatoms.